The van der Waals surface area contributed by atoms with Crippen molar-refractivity contribution < 1.29 is 0 Å². The van der Waals surface area contributed by atoms with Crippen LogP contribution >= 0.6 is 0 Å². The van der Waals surface area contributed by atoms with Crippen LogP contribution in [0.15, 0.2) is 54.1 Å². The highest BCUT2D eigenvalue weighted by atomic mass is 14.9. The molecule has 0 aliphatic heterocycles. The topological polar surface area (TPSA) is 35.8 Å². The van der Waals surface area contributed by atoms with Crippen molar-refractivity contribution in [2.45, 2.75) is 12.5 Å². The molecule has 1 N–H and O–H groups in total. The zero-order chi connectivity index (χ0) is 10.5. The first-order chi connectivity index (χ1) is 7.38. The van der Waals surface area contributed by atoms with Gasteiger partial charge in [0.15, 0.2) is 0 Å². The van der Waals surface area contributed by atoms with Crippen LogP contribution in [0.1, 0.15) is 6.42 Å². The molecular weight excluding hydrogens is 184 g/mol. The predicted octanol–water partition coefficient (Wildman–Crippen LogP) is 2.88. The van der Waals surface area contributed by atoms with E-state index in [1.165, 1.54) is 0 Å². The van der Waals surface area contributed by atoms with Crippen molar-refractivity contribution in [2.24, 2.45) is 0 Å². The van der Waals surface area contributed by atoms with Gasteiger partial charge in [-0.25, -0.2) is 0 Å². The van der Waals surface area contributed by atoms with Crippen molar-refractivity contribution in [1.82, 2.24) is 0 Å². The van der Waals surface area contributed by atoms with Crippen LogP contribution in [0.2, 0.25) is 0 Å². The molecule has 1 unspecified atom stereocenters. The summed E-state index contributed by atoms with van der Waals surface area (Å²) in [4.78, 5) is 0. The number of allylic oxidation sites excluding steroid dienone is 2. The minimum atomic E-state index is 0.296. The average Bonchev–Trinajstić information content (AvgIpc) is 2.31. The third kappa shape index (κ3) is 2.47. The van der Waals surface area contributed by atoms with Crippen LogP contribution in [0.4, 0.5) is 5.69 Å². The Hall–Kier alpha value is -2.01. The maximum Gasteiger partial charge on any atom is 0.0988 e. The standard InChI is InChI=1S/C13H12N2/c14-10-11-6-8-13(9-7-11)15-12-4-2-1-3-5-12/h1-8,13,15H,9H2. The molecule has 2 rings (SSSR count). The highest BCUT2D eigenvalue weighted by molar-refractivity contribution is 5.46. The quantitative estimate of drug-likeness (QED) is 0.789. The molecule has 0 amide bonds. The summed E-state index contributed by atoms with van der Waals surface area (Å²) >= 11 is 0. The molecule has 0 saturated heterocycles. The number of hydrogen-bond acceptors (Lipinski definition) is 2. The fourth-order valence-electron chi connectivity index (χ4n) is 1.56. The monoisotopic (exact) mass is 196 g/mol. The summed E-state index contributed by atoms with van der Waals surface area (Å²) in [6.07, 6.45) is 6.73. The SMILES string of the molecule is N#CC1=CCC(Nc2ccccc2)C=C1. The third-order valence-corrected chi connectivity index (χ3v) is 2.35. The highest BCUT2D eigenvalue weighted by Gasteiger charge is 2.07. The Morgan fingerprint density at radius 2 is 2.07 bits per heavy atom. The van der Waals surface area contributed by atoms with Gasteiger partial charge in [0.05, 0.1) is 6.07 Å². The number of rotatable bonds is 2. The van der Waals surface area contributed by atoms with Crippen molar-refractivity contribution in [2.75, 3.05) is 5.32 Å². The average molecular weight is 196 g/mol. The zero-order valence-electron chi connectivity index (χ0n) is 8.35. The summed E-state index contributed by atoms with van der Waals surface area (Å²) in [5.74, 6) is 0. The molecule has 1 atom stereocenters. The molecule has 0 aromatic heterocycles. The summed E-state index contributed by atoms with van der Waals surface area (Å²) in [5, 5.41) is 12.1. The zero-order valence-corrected chi connectivity index (χ0v) is 8.35. The van der Waals surface area contributed by atoms with Crippen LogP contribution in [-0.2, 0) is 0 Å². The first-order valence-corrected chi connectivity index (χ1v) is 4.98. The number of para-hydroxylation sites is 1. The van der Waals surface area contributed by atoms with Gasteiger partial charge in [-0.05, 0) is 24.6 Å². The number of benzene rings is 1. The Morgan fingerprint density at radius 3 is 2.67 bits per heavy atom. The van der Waals surface area contributed by atoms with Gasteiger partial charge in [-0.3, -0.25) is 0 Å². The lowest BCUT2D eigenvalue weighted by molar-refractivity contribution is 0.878. The van der Waals surface area contributed by atoms with Crippen molar-refractivity contribution in [3.63, 3.8) is 0 Å². The summed E-state index contributed by atoms with van der Waals surface area (Å²) in [6.45, 7) is 0. The molecule has 0 spiro atoms. The van der Waals surface area contributed by atoms with Gasteiger partial charge >= 0.3 is 0 Å². The lowest BCUT2D eigenvalue weighted by Gasteiger charge is -2.17. The van der Waals surface area contributed by atoms with Gasteiger partial charge in [0.2, 0.25) is 0 Å². The Morgan fingerprint density at radius 1 is 1.27 bits per heavy atom. The Bertz CT molecular complexity index is 424. The number of nitriles is 1. The lowest BCUT2D eigenvalue weighted by Crippen LogP contribution is -2.17. The van der Waals surface area contributed by atoms with Gasteiger partial charge < -0.3 is 5.32 Å². The van der Waals surface area contributed by atoms with Gasteiger partial charge in [0.1, 0.15) is 0 Å². The molecule has 0 radical (unpaired) electrons. The van der Waals surface area contributed by atoms with Crippen molar-refractivity contribution in [1.29, 1.82) is 5.26 Å². The van der Waals surface area contributed by atoms with E-state index in [0.717, 1.165) is 17.7 Å². The second-order valence-electron chi connectivity index (χ2n) is 3.48. The van der Waals surface area contributed by atoms with E-state index in [4.69, 9.17) is 5.26 Å². The van der Waals surface area contributed by atoms with Crippen LogP contribution in [0.5, 0.6) is 0 Å². The molecule has 0 heterocycles. The summed E-state index contributed by atoms with van der Waals surface area (Å²) in [6, 6.07) is 12.5. The maximum atomic E-state index is 8.68. The van der Waals surface area contributed by atoms with Gasteiger partial charge in [0.25, 0.3) is 0 Å². The van der Waals surface area contributed by atoms with E-state index in [1.807, 2.05) is 48.6 Å². The van der Waals surface area contributed by atoms with Crippen molar-refractivity contribution in [3.05, 3.63) is 54.1 Å². The highest BCUT2D eigenvalue weighted by Crippen LogP contribution is 2.15. The van der Waals surface area contributed by atoms with Crippen LogP contribution in [0.25, 0.3) is 0 Å². The maximum absolute atomic E-state index is 8.68. The summed E-state index contributed by atoms with van der Waals surface area (Å²) < 4.78 is 0. The van der Waals surface area contributed by atoms with Gasteiger partial charge in [-0.1, -0.05) is 30.4 Å². The van der Waals surface area contributed by atoms with Crippen molar-refractivity contribution >= 4 is 5.69 Å². The second kappa shape index (κ2) is 4.47. The largest absolute Gasteiger partial charge is 0.379 e. The molecular formula is C13H12N2. The minimum Gasteiger partial charge on any atom is -0.379 e. The van der Waals surface area contributed by atoms with E-state index in [0.29, 0.717) is 6.04 Å². The van der Waals surface area contributed by atoms with E-state index in [-0.39, 0.29) is 0 Å². The second-order valence-corrected chi connectivity index (χ2v) is 3.48. The van der Waals surface area contributed by atoms with E-state index < -0.39 is 0 Å². The normalized spacial score (nSPS) is 19.1. The molecule has 1 aromatic rings. The first-order valence-electron chi connectivity index (χ1n) is 4.98. The lowest BCUT2D eigenvalue weighted by atomic mass is 10.0. The molecule has 1 aromatic carbocycles. The fraction of sp³-hybridized carbons (Fsp3) is 0.154. The molecule has 15 heavy (non-hydrogen) atoms. The Labute approximate surface area is 89.5 Å². The molecule has 0 bridgehead atoms. The van der Waals surface area contributed by atoms with Crippen LogP contribution in [0, 0.1) is 11.3 Å². The molecule has 74 valence electrons. The van der Waals surface area contributed by atoms with E-state index in [9.17, 15) is 0 Å². The molecule has 0 fully saturated rings. The smallest absolute Gasteiger partial charge is 0.0988 e. The van der Waals surface area contributed by atoms with Crippen LogP contribution in [0.3, 0.4) is 0 Å². The Balaban J connectivity index is 1.98. The predicted molar refractivity (Wildman–Crippen MR) is 61.3 cm³/mol. The minimum absolute atomic E-state index is 0.296. The molecule has 2 nitrogen and oxygen atoms in total. The third-order valence-electron chi connectivity index (χ3n) is 2.35. The number of nitrogens with zero attached hydrogens (tertiary/aromatic N) is 1. The van der Waals surface area contributed by atoms with E-state index in [2.05, 4.69) is 11.4 Å². The van der Waals surface area contributed by atoms with Gasteiger partial charge in [-0.2, -0.15) is 5.26 Å². The number of hydrogen-bond donors (Lipinski definition) is 1. The molecule has 0 saturated carbocycles. The Kier molecular flexibility index (Phi) is 2.85. The van der Waals surface area contributed by atoms with Gasteiger partial charge in [-0.15, -0.1) is 0 Å². The van der Waals surface area contributed by atoms with Crippen LogP contribution < -0.4 is 5.32 Å². The van der Waals surface area contributed by atoms with Crippen molar-refractivity contribution in [3.8, 4) is 6.07 Å². The molecule has 2 heteroatoms. The van der Waals surface area contributed by atoms with Gasteiger partial charge in [0, 0.05) is 17.3 Å². The van der Waals surface area contributed by atoms with E-state index in [1.54, 1.807) is 0 Å². The first kappa shape index (κ1) is 9.54. The summed E-state index contributed by atoms with van der Waals surface area (Å²) in [7, 11) is 0. The number of anilines is 1. The van der Waals surface area contributed by atoms with Crippen LogP contribution in [-0.4, -0.2) is 6.04 Å². The van der Waals surface area contributed by atoms with E-state index >= 15 is 0 Å². The number of nitrogens with one attached hydrogen (secondary N) is 1. The molecule has 1 aliphatic rings. The fourth-order valence-corrected chi connectivity index (χ4v) is 1.56. The summed E-state index contributed by atoms with van der Waals surface area (Å²) in [5.41, 5.74) is 1.86. The molecule has 1 aliphatic carbocycles.